The maximum atomic E-state index is 6.08. The van der Waals surface area contributed by atoms with Gasteiger partial charge in [0.2, 0.25) is 0 Å². The highest BCUT2D eigenvalue weighted by atomic mass is 16.5. The average Bonchev–Trinajstić information content (AvgIpc) is 2.50. The lowest BCUT2D eigenvalue weighted by Crippen LogP contribution is -2.14. The first kappa shape index (κ1) is 14.0. The van der Waals surface area contributed by atoms with Crippen molar-refractivity contribution in [3.05, 3.63) is 53.1 Å². The van der Waals surface area contributed by atoms with Crippen LogP contribution in [0.4, 0.5) is 5.69 Å². The van der Waals surface area contributed by atoms with Gasteiger partial charge in [0.1, 0.15) is 11.5 Å². The number of anilines is 1. The Morgan fingerprint density at radius 3 is 2.67 bits per heavy atom. The summed E-state index contributed by atoms with van der Waals surface area (Å²) in [6.07, 6.45) is 1.98. The maximum absolute atomic E-state index is 6.08. The second-order valence-corrected chi connectivity index (χ2v) is 6.09. The number of para-hydroxylation sites is 1. The number of benzene rings is 2. The first-order valence-electron chi connectivity index (χ1n) is 7.83. The Kier molecular flexibility index (Phi) is 3.87. The maximum Gasteiger partial charge on any atom is 0.133 e. The first-order valence-corrected chi connectivity index (χ1v) is 7.83. The molecule has 0 atom stereocenters. The van der Waals surface area contributed by atoms with E-state index in [1.54, 1.807) is 0 Å². The van der Waals surface area contributed by atoms with Gasteiger partial charge in [-0.3, -0.25) is 0 Å². The van der Waals surface area contributed by atoms with Crippen molar-refractivity contribution in [2.75, 3.05) is 11.9 Å². The molecule has 2 nitrogen and oxygen atoms in total. The molecule has 0 spiro atoms. The fourth-order valence-electron chi connectivity index (χ4n) is 2.83. The number of ether oxygens (including phenoxy) is 1. The van der Waals surface area contributed by atoms with Crippen LogP contribution in [0.5, 0.6) is 11.5 Å². The summed E-state index contributed by atoms with van der Waals surface area (Å²) in [6.45, 7) is 7.67. The molecule has 2 aromatic rings. The Labute approximate surface area is 127 Å². The lowest BCUT2D eigenvalue weighted by atomic mass is 9.95. The van der Waals surface area contributed by atoms with Crippen molar-refractivity contribution >= 4 is 5.69 Å². The SMILES string of the molecule is CCc1ccc2c(c1NCC(C)C)Cc1ccccc1O2. The van der Waals surface area contributed by atoms with E-state index in [9.17, 15) is 0 Å². The van der Waals surface area contributed by atoms with Gasteiger partial charge < -0.3 is 10.1 Å². The van der Waals surface area contributed by atoms with Gasteiger partial charge in [-0.15, -0.1) is 0 Å². The summed E-state index contributed by atoms with van der Waals surface area (Å²) in [7, 11) is 0. The van der Waals surface area contributed by atoms with Crippen molar-refractivity contribution in [1.82, 2.24) is 0 Å². The summed E-state index contributed by atoms with van der Waals surface area (Å²) in [6, 6.07) is 12.6. The van der Waals surface area contributed by atoms with Crippen LogP contribution >= 0.6 is 0 Å². The summed E-state index contributed by atoms with van der Waals surface area (Å²) in [5.41, 5.74) is 5.22. The summed E-state index contributed by atoms with van der Waals surface area (Å²) in [5.74, 6) is 2.61. The molecule has 0 unspecified atom stereocenters. The zero-order valence-corrected chi connectivity index (χ0v) is 13.1. The molecule has 1 heterocycles. The number of fused-ring (bicyclic) bond motifs is 2. The minimum Gasteiger partial charge on any atom is -0.457 e. The number of hydrogen-bond donors (Lipinski definition) is 1. The molecule has 0 aromatic heterocycles. The highest BCUT2D eigenvalue weighted by Crippen LogP contribution is 2.41. The van der Waals surface area contributed by atoms with E-state index in [1.165, 1.54) is 22.4 Å². The van der Waals surface area contributed by atoms with Crippen LogP contribution in [0.25, 0.3) is 0 Å². The van der Waals surface area contributed by atoms with Crippen LogP contribution in [0.1, 0.15) is 37.5 Å². The van der Waals surface area contributed by atoms with E-state index in [2.05, 4.69) is 50.4 Å². The Bertz CT molecular complexity index is 646. The number of rotatable bonds is 4. The molecule has 0 fully saturated rings. The molecule has 0 aliphatic carbocycles. The van der Waals surface area contributed by atoms with Crippen molar-refractivity contribution in [1.29, 1.82) is 0 Å². The van der Waals surface area contributed by atoms with Gasteiger partial charge in [-0.05, 0) is 35.6 Å². The quantitative estimate of drug-likeness (QED) is 0.725. The van der Waals surface area contributed by atoms with E-state index in [4.69, 9.17) is 4.74 Å². The van der Waals surface area contributed by atoms with Crippen molar-refractivity contribution < 1.29 is 4.74 Å². The topological polar surface area (TPSA) is 21.3 Å². The van der Waals surface area contributed by atoms with Crippen LogP contribution in [-0.2, 0) is 12.8 Å². The molecule has 0 radical (unpaired) electrons. The third-order valence-corrected chi connectivity index (χ3v) is 3.98. The smallest absolute Gasteiger partial charge is 0.133 e. The monoisotopic (exact) mass is 281 g/mol. The Morgan fingerprint density at radius 1 is 1.10 bits per heavy atom. The highest BCUT2D eigenvalue weighted by molar-refractivity contribution is 5.67. The third kappa shape index (κ3) is 2.76. The van der Waals surface area contributed by atoms with E-state index >= 15 is 0 Å². The summed E-state index contributed by atoms with van der Waals surface area (Å²) < 4.78 is 6.08. The first-order chi connectivity index (χ1) is 10.2. The van der Waals surface area contributed by atoms with Crippen molar-refractivity contribution in [3.8, 4) is 11.5 Å². The summed E-state index contributed by atoms with van der Waals surface area (Å²) >= 11 is 0. The van der Waals surface area contributed by atoms with Gasteiger partial charge in [0, 0.05) is 24.2 Å². The number of hydrogen-bond acceptors (Lipinski definition) is 2. The van der Waals surface area contributed by atoms with Crippen molar-refractivity contribution in [2.24, 2.45) is 5.92 Å². The minimum absolute atomic E-state index is 0.627. The van der Waals surface area contributed by atoms with Gasteiger partial charge >= 0.3 is 0 Å². The third-order valence-electron chi connectivity index (χ3n) is 3.98. The fourth-order valence-corrected chi connectivity index (χ4v) is 2.83. The van der Waals surface area contributed by atoms with Gasteiger partial charge in [0.25, 0.3) is 0 Å². The van der Waals surface area contributed by atoms with Gasteiger partial charge in [-0.1, -0.05) is 45.0 Å². The van der Waals surface area contributed by atoms with E-state index in [0.717, 1.165) is 30.9 Å². The van der Waals surface area contributed by atoms with Crippen LogP contribution < -0.4 is 10.1 Å². The van der Waals surface area contributed by atoms with Crippen LogP contribution in [0.3, 0.4) is 0 Å². The molecular formula is C19H23NO. The summed E-state index contributed by atoms with van der Waals surface area (Å²) in [4.78, 5) is 0. The van der Waals surface area contributed by atoms with E-state index in [0.29, 0.717) is 5.92 Å². The molecule has 0 saturated heterocycles. The molecule has 2 heteroatoms. The molecule has 2 aromatic carbocycles. The standard InChI is InChI=1S/C19H23NO/c1-4-14-9-10-18-16(19(14)20-12-13(2)3)11-15-7-5-6-8-17(15)21-18/h5-10,13,20H,4,11-12H2,1-3H3. The molecule has 1 N–H and O–H groups in total. The van der Waals surface area contributed by atoms with Crippen molar-refractivity contribution in [3.63, 3.8) is 0 Å². The normalized spacial score (nSPS) is 12.6. The molecule has 21 heavy (non-hydrogen) atoms. The molecule has 3 rings (SSSR count). The zero-order chi connectivity index (χ0) is 14.8. The molecule has 0 saturated carbocycles. The average molecular weight is 281 g/mol. The zero-order valence-electron chi connectivity index (χ0n) is 13.1. The second kappa shape index (κ2) is 5.80. The predicted octanol–water partition coefficient (Wildman–Crippen LogP) is 5.01. The van der Waals surface area contributed by atoms with Crippen LogP contribution in [0.15, 0.2) is 36.4 Å². The van der Waals surface area contributed by atoms with Gasteiger partial charge in [-0.2, -0.15) is 0 Å². The molecule has 0 bridgehead atoms. The van der Waals surface area contributed by atoms with Crippen LogP contribution in [-0.4, -0.2) is 6.54 Å². The Hall–Kier alpha value is -1.96. The predicted molar refractivity (Wildman–Crippen MR) is 88.5 cm³/mol. The van der Waals surface area contributed by atoms with Crippen LogP contribution in [0.2, 0.25) is 0 Å². The van der Waals surface area contributed by atoms with E-state index in [-0.39, 0.29) is 0 Å². The highest BCUT2D eigenvalue weighted by Gasteiger charge is 2.21. The van der Waals surface area contributed by atoms with Crippen molar-refractivity contribution in [2.45, 2.75) is 33.6 Å². The molecule has 1 aliphatic rings. The minimum atomic E-state index is 0.627. The largest absolute Gasteiger partial charge is 0.457 e. The lowest BCUT2D eigenvalue weighted by molar-refractivity contribution is 0.460. The lowest BCUT2D eigenvalue weighted by Gasteiger charge is -2.25. The molecule has 0 amide bonds. The van der Waals surface area contributed by atoms with Crippen LogP contribution in [0, 0.1) is 5.92 Å². The van der Waals surface area contributed by atoms with Gasteiger partial charge in [-0.25, -0.2) is 0 Å². The van der Waals surface area contributed by atoms with Gasteiger partial charge in [0.15, 0.2) is 0 Å². The molecule has 110 valence electrons. The summed E-state index contributed by atoms with van der Waals surface area (Å²) in [5, 5.41) is 3.64. The number of aryl methyl sites for hydroxylation is 1. The molecule has 1 aliphatic heterocycles. The second-order valence-electron chi connectivity index (χ2n) is 6.09. The fraction of sp³-hybridized carbons (Fsp3) is 0.368. The Balaban J connectivity index is 2.00. The number of nitrogens with one attached hydrogen (secondary N) is 1. The van der Waals surface area contributed by atoms with Gasteiger partial charge in [0.05, 0.1) is 0 Å². The van der Waals surface area contributed by atoms with E-state index in [1.807, 2.05) is 12.1 Å². The van der Waals surface area contributed by atoms with E-state index < -0.39 is 0 Å². The molecular weight excluding hydrogens is 258 g/mol. The Morgan fingerprint density at radius 2 is 1.90 bits per heavy atom.